The van der Waals surface area contributed by atoms with Gasteiger partial charge in [0.15, 0.2) is 0 Å². The van der Waals surface area contributed by atoms with Gasteiger partial charge in [0, 0.05) is 32.4 Å². The highest BCUT2D eigenvalue weighted by Crippen LogP contribution is 2.25. The van der Waals surface area contributed by atoms with Gasteiger partial charge in [-0.2, -0.15) is 13.2 Å². The molecule has 1 aromatic rings. The van der Waals surface area contributed by atoms with Crippen LogP contribution in [-0.4, -0.2) is 49.3 Å². The van der Waals surface area contributed by atoms with E-state index in [9.17, 15) is 22.8 Å². The molecule has 120 valence electrons. The summed E-state index contributed by atoms with van der Waals surface area (Å²) < 4.78 is 39.8. The number of anilines is 1. The Morgan fingerprint density at radius 3 is 2.50 bits per heavy atom. The molecule has 1 aliphatic heterocycles. The zero-order valence-corrected chi connectivity index (χ0v) is 11.9. The Labute approximate surface area is 128 Å². The summed E-state index contributed by atoms with van der Waals surface area (Å²) in [6.07, 6.45) is -4.22. The number of rotatable bonds is 2. The lowest BCUT2D eigenvalue weighted by Gasteiger charge is -2.29. The van der Waals surface area contributed by atoms with Crippen molar-refractivity contribution in [1.82, 2.24) is 10.3 Å². The number of alkyl halides is 3. The van der Waals surface area contributed by atoms with E-state index in [0.29, 0.717) is 18.9 Å². The zero-order chi connectivity index (χ0) is 16.3. The van der Waals surface area contributed by atoms with Gasteiger partial charge in [-0.1, -0.05) is 11.6 Å². The van der Waals surface area contributed by atoms with E-state index in [0.717, 1.165) is 25.4 Å². The summed E-state index contributed by atoms with van der Waals surface area (Å²) in [4.78, 5) is 27.9. The van der Waals surface area contributed by atoms with Gasteiger partial charge in [-0.3, -0.25) is 0 Å². The van der Waals surface area contributed by atoms with Crippen LogP contribution in [0.3, 0.4) is 0 Å². The first-order valence-electron chi connectivity index (χ1n) is 6.23. The summed E-state index contributed by atoms with van der Waals surface area (Å²) >= 11 is 5.99. The van der Waals surface area contributed by atoms with Gasteiger partial charge >= 0.3 is 18.1 Å². The molecule has 0 unspecified atom stereocenters. The molecular formula is C12H11ClF3N3O3. The highest BCUT2D eigenvalue weighted by molar-refractivity contribution is 6.33. The summed E-state index contributed by atoms with van der Waals surface area (Å²) in [5, 5.41) is 3.23. The largest absolute Gasteiger partial charge is 0.491 e. The number of carbonyl (C=O) groups excluding carboxylic acids is 2. The van der Waals surface area contributed by atoms with E-state index in [2.05, 4.69) is 15.0 Å². The van der Waals surface area contributed by atoms with Crippen LogP contribution in [0.25, 0.3) is 0 Å². The maximum Gasteiger partial charge on any atom is 0.491 e. The van der Waals surface area contributed by atoms with Gasteiger partial charge < -0.3 is 15.0 Å². The topological polar surface area (TPSA) is 71.5 Å². The molecule has 0 atom stereocenters. The van der Waals surface area contributed by atoms with Gasteiger partial charge in [-0.15, -0.1) is 0 Å². The third-order valence-corrected chi connectivity index (χ3v) is 3.17. The quantitative estimate of drug-likeness (QED) is 0.649. The van der Waals surface area contributed by atoms with Crippen LogP contribution in [0.15, 0.2) is 12.3 Å². The average Bonchev–Trinajstić information content (AvgIpc) is 2.47. The van der Waals surface area contributed by atoms with E-state index < -0.39 is 18.1 Å². The molecule has 2 rings (SSSR count). The molecule has 22 heavy (non-hydrogen) atoms. The Hall–Kier alpha value is -1.87. The first-order chi connectivity index (χ1) is 10.3. The van der Waals surface area contributed by atoms with Gasteiger partial charge in [0.1, 0.15) is 5.82 Å². The molecule has 0 saturated carbocycles. The number of hydrogen-bond donors (Lipinski definition) is 1. The summed E-state index contributed by atoms with van der Waals surface area (Å²) in [5.74, 6) is -3.62. The predicted octanol–water partition coefficient (Wildman–Crippen LogP) is 1.39. The monoisotopic (exact) mass is 337 g/mol. The van der Waals surface area contributed by atoms with Crippen molar-refractivity contribution in [3.63, 3.8) is 0 Å². The van der Waals surface area contributed by atoms with Crippen LogP contribution in [0.2, 0.25) is 5.02 Å². The molecule has 1 aliphatic rings. The number of carbonyl (C=O) groups is 2. The maximum atomic E-state index is 12.0. The van der Waals surface area contributed by atoms with E-state index in [4.69, 9.17) is 11.6 Å². The molecular weight excluding hydrogens is 327 g/mol. The van der Waals surface area contributed by atoms with Crippen molar-refractivity contribution >= 4 is 29.4 Å². The smallest absolute Gasteiger partial charge is 0.383 e. The van der Waals surface area contributed by atoms with Crippen LogP contribution in [0, 0.1) is 0 Å². The van der Waals surface area contributed by atoms with Crippen molar-refractivity contribution in [2.45, 2.75) is 6.18 Å². The Morgan fingerprint density at radius 2 is 1.95 bits per heavy atom. The third kappa shape index (κ3) is 3.86. The molecule has 0 bridgehead atoms. The molecule has 0 aromatic carbocycles. The van der Waals surface area contributed by atoms with Crippen molar-refractivity contribution in [3.05, 3.63) is 22.8 Å². The van der Waals surface area contributed by atoms with E-state index in [1.807, 2.05) is 4.90 Å². The number of halogens is 4. The number of pyridine rings is 1. The minimum atomic E-state index is -5.24. The minimum Gasteiger partial charge on any atom is -0.383 e. The highest BCUT2D eigenvalue weighted by Gasteiger charge is 2.42. The summed E-state index contributed by atoms with van der Waals surface area (Å²) in [7, 11) is 0. The van der Waals surface area contributed by atoms with Crippen LogP contribution in [0.4, 0.5) is 19.0 Å². The molecule has 1 N–H and O–H groups in total. The van der Waals surface area contributed by atoms with Crippen LogP contribution in [0.1, 0.15) is 10.4 Å². The van der Waals surface area contributed by atoms with Crippen molar-refractivity contribution < 1.29 is 27.5 Å². The predicted molar refractivity (Wildman–Crippen MR) is 70.8 cm³/mol. The molecule has 1 fully saturated rings. The fourth-order valence-electron chi connectivity index (χ4n) is 1.85. The zero-order valence-electron chi connectivity index (χ0n) is 11.1. The Balaban J connectivity index is 2.11. The lowest BCUT2D eigenvalue weighted by Crippen LogP contribution is -2.44. The van der Waals surface area contributed by atoms with E-state index in [1.165, 1.54) is 0 Å². The molecule has 10 heteroatoms. The second-order valence-electron chi connectivity index (χ2n) is 4.44. The number of hydrogen-bond acceptors (Lipinski definition) is 6. The van der Waals surface area contributed by atoms with Gasteiger partial charge in [-0.05, 0) is 6.07 Å². The van der Waals surface area contributed by atoms with Crippen LogP contribution >= 0.6 is 11.6 Å². The standard InChI is InChI=1S/C12H11ClF3N3O3/c13-8-5-7(10(20)22-11(21)12(14,15)16)6-18-9(8)19-3-1-17-2-4-19/h5-6,17H,1-4H2. The van der Waals surface area contributed by atoms with Crippen molar-refractivity contribution in [3.8, 4) is 0 Å². The minimum absolute atomic E-state index is 0.0933. The van der Waals surface area contributed by atoms with E-state index in [-0.39, 0.29) is 10.6 Å². The first kappa shape index (κ1) is 16.5. The fourth-order valence-corrected chi connectivity index (χ4v) is 2.14. The maximum absolute atomic E-state index is 12.0. The summed E-state index contributed by atoms with van der Waals surface area (Å²) in [6.45, 7) is 2.79. The molecule has 0 radical (unpaired) electrons. The Morgan fingerprint density at radius 1 is 1.32 bits per heavy atom. The number of nitrogens with zero attached hydrogens (tertiary/aromatic N) is 2. The molecule has 1 saturated heterocycles. The number of ether oxygens (including phenoxy) is 1. The van der Waals surface area contributed by atoms with Crippen molar-refractivity contribution in [2.75, 3.05) is 31.1 Å². The lowest BCUT2D eigenvalue weighted by atomic mass is 10.2. The van der Waals surface area contributed by atoms with Crippen LogP contribution in [0.5, 0.6) is 0 Å². The van der Waals surface area contributed by atoms with E-state index >= 15 is 0 Å². The number of nitrogens with one attached hydrogen (secondary N) is 1. The molecule has 1 aromatic heterocycles. The van der Waals surface area contributed by atoms with Crippen molar-refractivity contribution in [1.29, 1.82) is 0 Å². The molecule has 0 spiro atoms. The second kappa shape index (κ2) is 6.49. The third-order valence-electron chi connectivity index (χ3n) is 2.89. The van der Waals surface area contributed by atoms with Crippen molar-refractivity contribution in [2.24, 2.45) is 0 Å². The lowest BCUT2D eigenvalue weighted by molar-refractivity contribution is -0.193. The summed E-state index contributed by atoms with van der Waals surface area (Å²) in [6, 6.07) is 1.12. The fraction of sp³-hybridized carbons (Fsp3) is 0.417. The Kier molecular flexibility index (Phi) is 4.87. The number of aromatic nitrogens is 1. The molecule has 0 aliphatic carbocycles. The number of esters is 2. The van der Waals surface area contributed by atoms with Crippen LogP contribution in [-0.2, 0) is 9.53 Å². The highest BCUT2D eigenvalue weighted by atomic mass is 35.5. The second-order valence-corrected chi connectivity index (χ2v) is 4.85. The number of piperazine rings is 1. The van der Waals surface area contributed by atoms with Gasteiger partial charge in [0.05, 0.1) is 10.6 Å². The molecule has 6 nitrogen and oxygen atoms in total. The van der Waals surface area contributed by atoms with Gasteiger partial charge in [-0.25, -0.2) is 14.6 Å². The SMILES string of the molecule is O=C(OC(=O)C(F)(F)F)c1cnc(N2CCNCC2)c(Cl)c1. The van der Waals surface area contributed by atoms with Gasteiger partial charge in [0.25, 0.3) is 0 Å². The van der Waals surface area contributed by atoms with E-state index in [1.54, 1.807) is 0 Å². The summed E-state index contributed by atoms with van der Waals surface area (Å²) in [5.41, 5.74) is -0.332. The average molecular weight is 338 g/mol. The Bertz CT molecular complexity index is 589. The normalized spacial score (nSPS) is 15.5. The van der Waals surface area contributed by atoms with Crippen LogP contribution < -0.4 is 10.2 Å². The van der Waals surface area contributed by atoms with Gasteiger partial charge in [0.2, 0.25) is 0 Å². The first-order valence-corrected chi connectivity index (χ1v) is 6.61. The molecule has 2 heterocycles. The molecule has 0 amide bonds.